The molecule has 0 aliphatic heterocycles. The van der Waals surface area contributed by atoms with Gasteiger partial charge in [0.05, 0.1) is 12.5 Å². The lowest BCUT2D eigenvalue weighted by atomic mass is 9.98. The molecule has 0 aliphatic carbocycles. The summed E-state index contributed by atoms with van der Waals surface area (Å²) in [4.78, 5) is 11.4. The first-order valence-electron chi connectivity index (χ1n) is 5.92. The van der Waals surface area contributed by atoms with E-state index in [0.29, 0.717) is 6.61 Å². The van der Waals surface area contributed by atoms with E-state index in [2.05, 4.69) is 13.8 Å². The van der Waals surface area contributed by atoms with Gasteiger partial charge in [-0.2, -0.15) is 0 Å². The smallest absolute Gasteiger partial charge is 0.308 e. The number of carbonyl (C=O) groups is 1. The molecule has 0 aliphatic rings. The number of hydrogen-bond donors (Lipinski definition) is 0. The van der Waals surface area contributed by atoms with Gasteiger partial charge in [-0.15, -0.1) is 0 Å². The van der Waals surface area contributed by atoms with Crippen molar-refractivity contribution in [2.45, 2.75) is 59.3 Å². The molecule has 0 spiro atoms. The van der Waals surface area contributed by atoms with E-state index in [-0.39, 0.29) is 11.9 Å². The lowest BCUT2D eigenvalue weighted by Crippen LogP contribution is -2.16. The van der Waals surface area contributed by atoms with E-state index in [9.17, 15) is 4.79 Å². The first-order valence-corrected chi connectivity index (χ1v) is 5.92. The Kier molecular flexibility index (Phi) is 8.70. The maximum absolute atomic E-state index is 11.4. The van der Waals surface area contributed by atoms with Crippen LogP contribution in [0.5, 0.6) is 0 Å². The Morgan fingerprint density at radius 2 is 1.86 bits per heavy atom. The normalized spacial score (nSPS) is 12.5. The molecule has 2 heteroatoms. The molecule has 0 heterocycles. The van der Waals surface area contributed by atoms with Crippen LogP contribution < -0.4 is 0 Å². The molecule has 0 N–H and O–H groups in total. The Bertz CT molecular complexity index is 143. The maximum Gasteiger partial charge on any atom is 0.308 e. The van der Waals surface area contributed by atoms with Crippen molar-refractivity contribution in [3.63, 3.8) is 0 Å². The Morgan fingerprint density at radius 3 is 2.36 bits per heavy atom. The van der Waals surface area contributed by atoms with Crippen molar-refractivity contribution in [3.05, 3.63) is 0 Å². The van der Waals surface area contributed by atoms with Crippen LogP contribution in [-0.4, -0.2) is 12.6 Å². The molecule has 0 amide bonds. The quantitative estimate of drug-likeness (QED) is 0.442. The van der Waals surface area contributed by atoms with Crippen LogP contribution in [0.4, 0.5) is 0 Å². The average molecular weight is 200 g/mol. The molecule has 0 rings (SSSR count). The Labute approximate surface area is 88.0 Å². The number of rotatable bonds is 8. The van der Waals surface area contributed by atoms with Crippen LogP contribution in [0, 0.1) is 5.92 Å². The number of hydrogen-bond acceptors (Lipinski definition) is 2. The van der Waals surface area contributed by atoms with Gasteiger partial charge in [-0.05, 0) is 19.8 Å². The molecule has 1 unspecified atom stereocenters. The summed E-state index contributed by atoms with van der Waals surface area (Å²) >= 11 is 0. The molecular weight excluding hydrogens is 176 g/mol. The van der Waals surface area contributed by atoms with Gasteiger partial charge < -0.3 is 4.74 Å². The summed E-state index contributed by atoms with van der Waals surface area (Å²) in [6.07, 6.45) is 6.83. The van der Waals surface area contributed by atoms with E-state index in [1.54, 1.807) is 0 Å². The van der Waals surface area contributed by atoms with Crippen LogP contribution in [0.3, 0.4) is 0 Å². The van der Waals surface area contributed by atoms with Crippen LogP contribution in [-0.2, 0) is 9.53 Å². The second kappa shape index (κ2) is 9.04. The van der Waals surface area contributed by atoms with Gasteiger partial charge in [-0.3, -0.25) is 4.79 Å². The molecule has 0 aromatic carbocycles. The second-order valence-corrected chi connectivity index (χ2v) is 3.71. The molecule has 2 nitrogen and oxygen atoms in total. The molecular formula is C12H24O2. The molecule has 0 radical (unpaired) electrons. The van der Waals surface area contributed by atoms with Crippen molar-refractivity contribution in [2.24, 2.45) is 5.92 Å². The van der Waals surface area contributed by atoms with E-state index < -0.39 is 0 Å². The number of unbranched alkanes of at least 4 members (excludes halogenated alkanes) is 3. The van der Waals surface area contributed by atoms with Crippen LogP contribution in [0.2, 0.25) is 0 Å². The van der Waals surface area contributed by atoms with Crippen molar-refractivity contribution in [1.82, 2.24) is 0 Å². The van der Waals surface area contributed by atoms with Gasteiger partial charge in [-0.25, -0.2) is 0 Å². The topological polar surface area (TPSA) is 26.3 Å². The van der Waals surface area contributed by atoms with Gasteiger partial charge in [0.1, 0.15) is 0 Å². The fraction of sp³-hybridized carbons (Fsp3) is 0.917. The number of esters is 1. The number of ether oxygens (including phenoxy) is 1. The molecule has 0 saturated heterocycles. The monoisotopic (exact) mass is 200 g/mol. The zero-order chi connectivity index (χ0) is 10.8. The molecule has 14 heavy (non-hydrogen) atoms. The van der Waals surface area contributed by atoms with Gasteiger partial charge in [0, 0.05) is 0 Å². The first-order chi connectivity index (χ1) is 6.76. The van der Waals surface area contributed by atoms with Crippen LogP contribution in [0.1, 0.15) is 59.3 Å². The third kappa shape index (κ3) is 6.01. The zero-order valence-electron chi connectivity index (χ0n) is 9.84. The predicted molar refractivity (Wildman–Crippen MR) is 59.2 cm³/mol. The summed E-state index contributed by atoms with van der Waals surface area (Å²) in [6.45, 7) is 6.62. The minimum absolute atomic E-state index is 0.00787. The highest BCUT2D eigenvalue weighted by Crippen LogP contribution is 2.15. The molecule has 1 atom stereocenters. The highest BCUT2D eigenvalue weighted by molar-refractivity contribution is 5.72. The Balaban J connectivity index is 3.62. The summed E-state index contributed by atoms with van der Waals surface area (Å²) < 4.78 is 5.01. The average Bonchev–Trinajstić information content (AvgIpc) is 2.18. The van der Waals surface area contributed by atoms with E-state index in [1.807, 2.05) is 6.92 Å². The third-order valence-electron chi connectivity index (χ3n) is 2.52. The van der Waals surface area contributed by atoms with Gasteiger partial charge in [-0.1, -0.05) is 39.5 Å². The van der Waals surface area contributed by atoms with E-state index in [4.69, 9.17) is 4.74 Å². The van der Waals surface area contributed by atoms with Crippen molar-refractivity contribution >= 4 is 5.97 Å². The highest BCUT2D eigenvalue weighted by atomic mass is 16.5. The first kappa shape index (κ1) is 13.5. The van der Waals surface area contributed by atoms with Crippen molar-refractivity contribution < 1.29 is 9.53 Å². The summed E-state index contributed by atoms with van der Waals surface area (Å²) in [6, 6.07) is 0. The van der Waals surface area contributed by atoms with Crippen LogP contribution in [0.25, 0.3) is 0 Å². The largest absolute Gasteiger partial charge is 0.466 e. The molecule has 84 valence electrons. The van der Waals surface area contributed by atoms with Crippen molar-refractivity contribution in [3.8, 4) is 0 Å². The molecule has 0 aromatic heterocycles. The summed E-state index contributed by atoms with van der Waals surface area (Å²) in [5.74, 6) is 0.123. The molecule has 0 saturated carbocycles. The second-order valence-electron chi connectivity index (χ2n) is 3.71. The van der Waals surface area contributed by atoms with Crippen molar-refractivity contribution in [1.29, 1.82) is 0 Å². The minimum Gasteiger partial charge on any atom is -0.466 e. The fourth-order valence-corrected chi connectivity index (χ4v) is 1.57. The van der Waals surface area contributed by atoms with E-state index >= 15 is 0 Å². The SMILES string of the molecule is CCCCCCC(CC)C(=O)OCC. The zero-order valence-corrected chi connectivity index (χ0v) is 9.84. The van der Waals surface area contributed by atoms with Gasteiger partial charge >= 0.3 is 5.97 Å². The summed E-state index contributed by atoms with van der Waals surface area (Å²) in [5, 5.41) is 0. The molecule has 0 bridgehead atoms. The Hall–Kier alpha value is -0.530. The number of carbonyl (C=O) groups excluding carboxylic acids is 1. The van der Waals surface area contributed by atoms with E-state index in [1.165, 1.54) is 19.3 Å². The lowest BCUT2D eigenvalue weighted by molar-refractivity contribution is -0.148. The molecule has 0 fully saturated rings. The third-order valence-corrected chi connectivity index (χ3v) is 2.52. The van der Waals surface area contributed by atoms with Gasteiger partial charge in [0.15, 0.2) is 0 Å². The maximum atomic E-state index is 11.4. The predicted octanol–water partition coefficient (Wildman–Crippen LogP) is 3.55. The summed E-state index contributed by atoms with van der Waals surface area (Å²) in [5.41, 5.74) is 0. The van der Waals surface area contributed by atoms with Gasteiger partial charge in [0.25, 0.3) is 0 Å². The fourth-order valence-electron chi connectivity index (χ4n) is 1.57. The van der Waals surface area contributed by atoms with Gasteiger partial charge in [0.2, 0.25) is 0 Å². The standard InChI is InChI=1S/C12H24O2/c1-4-7-8-9-10-11(5-2)12(13)14-6-3/h11H,4-10H2,1-3H3. The van der Waals surface area contributed by atoms with Crippen LogP contribution in [0.15, 0.2) is 0 Å². The molecule has 0 aromatic rings. The van der Waals surface area contributed by atoms with E-state index in [0.717, 1.165) is 19.3 Å². The van der Waals surface area contributed by atoms with Crippen LogP contribution >= 0.6 is 0 Å². The summed E-state index contributed by atoms with van der Waals surface area (Å²) in [7, 11) is 0. The lowest BCUT2D eigenvalue weighted by Gasteiger charge is -2.12. The minimum atomic E-state index is -0.00787. The van der Waals surface area contributed by atoms with Crippen molar-refractivity contribution in [2.75, 3.05) is 6.61 Å². The highest BCUT2D eigenvalue weighted by Gasteiger charge is 2.16. The Morgan fingerprint density at radius 1 is 1.14 bits per heavy atom.